The van der Waals surface area contributed by atoms with Gasteiger partial charge in [-0.3, -0.25) is 14.5 Å². The van der Waals surface area contributed by atoms with Gasteiger partial charge in [-0.25, -0.2) is 0 Å². The molecule has 3 rings (SSSR count). The molecule has 0 unspecified atom stereocenters. The largest absolute Gasteiger partial charge is 0.490 e. The molecule has 1 aliphatic heterocycles. The summed E-state index contributed by atoms with van der Waals surface area (Å²) in [6.45, 7) is 8.74. The third-order valence-corrected chi connectivity index (χ3v) is 5.11. The maximum Gasteiger partial charge on any atom is 0.276 e. The van der Waals surface area contributed by atoms with Gasteiger partial charge in [-0.05, 0) is 67.9 Å². The zero-order valence-electron chi connectivity index (χ0n) is 19.3. The maximum atomic E-state index is 12.7. The second kappa shape index (κ2) is 11.0. The molecule has 7 nitrogen and oxygen atoms in total. The number of rotatable bonds is 9. The molecule has 0 radical (unpaired) electrons. The van der Waals surface area contributed by atoms with Gasteiger partial charge in [-0.15, -0.1) is 0 Å². The smallest absolute Gasteiger partial charge is 0.276 e. The minimum absolute atomic E-state index is 0.153. The molecule has 1 aliphatic rings. The van der Waals surface area contributed by atoms with Crippen molar-refractivity contribution in [2.45, 2.75) is 27.7 Å². The number of benzene rings is 2. The van der Waals surface area contributed by atoms with Crippen LogP contribution >= 0.6 is 12.2 Å². The number of carbonyl (C=O) groups excluding carboxylic acids is 2. The molecule has 0 spiro atoms. The van der Waals surface area contributed by atoms with Gasteiger partial charge in [0.15, 0.2) is 23.2 Å². The van der Waals surface area contributed by atoms with E-state index >= 15 is 0 Å². The highest BCUT2D eigenvalue weighted by molar-refractivity contribution is 7.80. The van der Waals surface area contributed by atoms with Crippen molar-refractivity contribution < 1.29 is 19.1 Å². The second-order valence-corrected chi connectivity index (χ2v) is 8.53. The van der Waals surface area contributed by atoms with E-state index in [1.807, 2.05) is 52.0 Å². The molecule has 33 heavy (non-hydrogen) atoms. The fraction of sp³-hybridized carbons (Fsp3) is 0.320. The minimum atomic E-state index is -0.271. The summed E-state index contributed by atoms with van der Waals surface area (Å²) in [5.74, 6) is 0.812. The molecule has 0 aliphatic carbocycles. The van der Waals surface area contributed by atoms with Crippen LogP contribution in [0, 0.1) is 12.8 Å². The molecule has 2 aromatic carbocycles. The Bertz CT molecular complexity index is 1060. The van der Waals surface area contributed by atoms with E-state index < -0.39 is 0 Å². The average Bonchev–Trinajstić information content (AvgIpc) is 3.02. The van der Waals surface area contributed by atoms with Crippen molar-refractivity contribution in [3.8, 4) is 11.5 Å². The van der Waals surface area contributed by atoms with Crippen molar-refractivity contribution in [1.29, 1.82) is 0 Å². The predicted molar refractivity (Wildman–Crippen MR) is 133 cm³/mol. The van der Waals surface area contributed by atoms with Crippen molar-refractivity contribution in [2.75, 3.05) is 25.1 Å². The van der Waals surface area contributed by atoms with E-state index in [9.17, 15) is 9.59 Å². The molecule has 8 heteroatoms. The highest BCUT2D eigenvalue weighted by atomic mass is 32.1. The molecular weight excluding hydrogens is 438 g/mol. The summed E-state index contributed by atoms with van der Waals surface area (Å²) in [5, 5.41) is 6.19. The molecule has 2 aromatic rings. The van der Waals surface area contributed by atoms with Gasteiger partial charge in [-0.1, -0.05) is 37.6 Å². The van der Waals surface area contributed by atoms with Gasteiger partial charge in [0, 0.05) is 12.2 Å². The Kier molecular flexibility index (Phi) is 8.06. The molecule has 0 atom stereocenters. The highest BCUT2D eigenvalue weighted by Gasteiger charge is 2.30. The first-order valence-electron chi connectivity index (χ1n) is 10.9. The number of amides is 2. The standard InChI is InChI=1S/C25H29N3O4S/c1-5-31-22-13-18(12-20-24(30)28(14-16(2)3)25(33)27-20)8-11-21(22)32-15-23(29)26-19-9-6-17(4)7-10-19/h6-13,16H,5,14-15H2,1-4H3,(H,26,29)(H,27,33)/b20-12+. The summed E-state index contributed by atoms with van der Waals surface area (Å²) in [4.78, 5) is 26.5. The van der Waals surface area contributed by atoms with Crippen LogP contribution in [0.2, 0.25) is 0 Å². The highest BCUT2D eigenvalue weighted by Crippen LogP contribution is 2.30. The van der Waals surface area contributed by atoms with Crippen molar-refractivity contribution in [1.82, 2.24) is 10.2 Å². The molecular formula is C25H29N3O4S. The summed E-state index contributed by atoms with van der Waals surface area (Å²) in [6, 6.07) is 12.8. The van der Waals surface area contributed by atoms with Crippen molar-refractivity contribution >= 4 is 40.9 Å². The van der Waals surface area contributed by atoms with Crippen LogP contribution < -0.4 is 20.1 Å². The molecule has 174 valence electrons. The predicted octanol–water partition coefficient (Wildman–Crippen LogP) is 4.12. The van der Waals surface area contributed by atoms with E-state index in [4.69, 9.17) is 21.7 Å². The van der Waals surface area contributed by atoms with Crippen LogP contribution in [0.25, 0.3) is 6.08 Å². The molecule has 2 amide bonds. The Balaban J connectivity index is 1.69. The molecule has 1 fully saturated rings. The maximum absolute atomic E-state index is 12.7. The fourth-order valence-corrected chi connectivity index (χ4v) is 3.52. The van der Waals surface area contributed by atoms with E-state index in [-0.39, 0.29) is 18.4 Å². The monoisotopic (exact) mass is 467 g/mol. The summed E-state index contributed by atoms with van der Waals surface area (Å²) in [5.41, 5.74) is 2.98. The first-order chi connectivity index (χ1) is 15.8. The summed E-state index contributed by atoms with van der Waals surface area (Å²) in [6.07, 6.45) is 1.73. The van der Waals surface area contributed by atoms with E-state index in [1.165, 1.54) is 0 Å². The second-order valence-electron chi connectivity index (χ2n) is 8.14. The third kappa shape index (κ3) is 6.55. The van der Waals surface area contributed by atoms with Crippen LogP contribution in [0.5, 0.6) is 11.5 Å². The Labute approximate surface area is 199 Å². The van der Waals surface area contributed by atoms with Crippen LogP contribution in [0.4, 0.5) is 5.69 Å². The van der Waals surface area contributed by atoms with E-state index in [0.29, 0.717) is 47.1 Å². The first-order valence-corrected chi connectivity index (χ1v) is 11.3. The molecule has 1 heterocycles. The van der Waals surface area contributed by atoms with Crippen LogP contribution in [0.15, 0.2) is 48.2 Å². The molecule has 2 N–H and O–H groups in total. The summed E-state index contributed by atoms with van der Waals surface area (Å²) < 4.78 is 11.4. The Hall–Kier alpha value is -3.39. The van der Waals surface area contributed by atoms with Crippen molar-refractivity contribution in [3.05, 3.63) is 59.3 Å². The lowest BCUT2D eigenvalue weighted by Crippen LogP contribution is -2.33. The lowest BCUT2D eigenvalue weighted by Gasteiger charge is -2.16. The van der Waals surface area contributed by atoms with Gasteiger partial charge in [0.25, 0.3) is 11.8 Å². The zero-order valence-corrected chi connectivity index (χ0v) is 20.1. The number of hydrogen-bond donors (Lipinski definition) is 2. The number of aryl methyl sites for hydroxylation is 1. The third-order valence-electron chi connectivity index (χ3n) is 4.78. The van der Waals surface area contributed by atoms with Crippen molar-refractivity contribution in [3.63, 3.8) is 0 Å². The normalized spacial score (nSPS) is 14.6. The number of thiocarbonyl (C=S) groups is 1. The van der Waals surface area contributed by atoms with Gasteiger partial charge in [0.2, 0.25) is 0 Å². The first kappa shape index (κ1) is 24.3. The minimum Gasteiger partial charge on any atom is -0.490 e. The summed E-state index contributed by atoms with van der Waals surface area (Å²) in [7, 11) is 0. The van der Waals surface area contributed by atoms with Gasteiger partial charge >= 0.3 is 0 Å². The van der Waals surface area contributed by atoms with Gasteiger partial charge < -0.3 is 20.1 Å². The van der Waals surface area contributed by atoms with E-state index in [0.717, 1.165) is 11.1 Å². The van der Waals surface area contributed by atoms with Gasteiger partial charge in [0.05, 0.1) is 6.61 Å². The van der Waals surface area contributed by atoms with E-state index in [2.05, 4.69) is 10.6 Å². The van der Waals surface area contributed by atoms with Crippen LogP contribution in [-0.2, 0) is 9.59 Å². The Morgan fingerprint density at radius 1 is 1.15 bits per heavy atom. The van der Waals surface area contributed by atoms with Crippen LogP contribution in [-0.4, -0.2) is 41.6 Å². The Morgan fingerprint density at radius 2 is 1.88 bits per heavy atom. The molecule has 1 saturated heterocycles. The number of hydrogen-bond acceptors (Lipinski definition) is 5. The number of anilines is 1. The molecule has 0 aromatic heterocycles. The number of ether oxygens (including phenoxy) is 2. The number of nitrogens with zero attached hydrogens (tertiary/aromatic N) is 1. The van der Waals surface area contributed by atoms with Crippen LogP contribution in [0.1, 0.15) is 31.9 Å². The quantitative estimate of drug-likeness (QED) is 0.427. The summed E-state index contributed by atoms with van der Waals surface area (Å²) >= 11 is 5.30. The lowest BCUT2D eigenvalue weighted by atomic mass is 10.1. The van der Waals surface area contributed by atoms with Crippen molar-refractivity contribution in [2.24, 2.45) is 5.92 Å². The molecule has 0 bridgehead atoms. The molecule has 0 saturated carbocycles. The fourth-order valence-electron chi connectivity index (χ4n) is 3.25. The average molecular weight is 468 g/mol. The lowest BCUT2D eigenvalue weighted by molar-refractivity contribution is -0.122. The van der Waals surface area contributed by atoms with Gasteiger partial charge in [-0.2, -0.15) is 0 Å². The number of carbonyl (C=O) groups is 2. The Morgan fingerprint density at radius 3 is 2.55 bits per heavy atom. The topological polar surface area (TPSA) is 79.9 Å². The van der Waals surface area contributed by atoms with Gasteiger partial charge in [0.1, 0.15) is 5.70 Å². The van der Waals surface area contributed by atoms with E-state index in [1.54, 1.807) is 29.2 Å². The zero-order chi connectivity index (χ0) is 24.0. The SMILES string of the molecule is CCOc1cc(/C=C2/NC(=S)N(CC(C)C)C2=O)ccc1OCC(=O)Nc1ccc(C)cc1. The number of nitrogens with one attached hydrogen (secondary N) is 2. The van der Waals surface area contributed by atoms with Crippen LogP contribution in [0.3, 0.4) is 0 Å².